The van der Waals surface area contributed by atoms with Crippen molar-refractivity contribution in [1.29, 1.82) is 0 Å². The van der Waals surface area contributed by atoms with E-state index in [9.17, 15) is 29.8 Å². The molecule has 270 valence electrons. The van der Waals surface area contributed by atoms with Gasteiger partial charge in [0.25, 0.3) is 23.2 Å². The predicted octanol–water partition coefficient (Wildman–Crippen LogP) is 10.1. The van der Waals surface area contributed by atoms with Gasteiger partial charge in [0, 0.05) is 57.5 Å². The molecule has 56 heavy (non-hydrogen) atoms. The molecule has 8 rings (SSSR count). The van der Waals surface area contributed by atoms with Crippen LogP contribution in [-0.2, 0) is 0 Å². The van der Waals surface area contributed by atoms with Crippen molar-refractivity contribution in [2.24, 2.45) is 0 Å². The summed E-state index contributed by atoms with van der Waals surface area (Å²) in [6, 6.07) is 44.8. The number of aromatic nitrogens is 2. The van der Waals surface area contributed by atoms with Gasteiger partial charge in [-0.2, -0.15) is 0 Å². The number of rotatable bonds is 9. The van der Waals surface area contributed by atoms with Crippen LogP contribution in [0.1, 0.15) is 20.7 Å². The monoisotopic (exact) mass is 736 g/mol. The second kappa shape index (κ2) is 14.7. The number of nitrogens with zero attached hydrogens (tertiary/aromatic N) is 4. The number of hydrogen-bond acceptors (Lipinski definition) is 8. The maximum atomic E-state index is 14.0. The molecule has 12 nitrogen and oxygen atoms in total. The van der Waals surface area contributed by atoms with Gasteiger partial charge in [-0.1, -0.05) is 72.8 Å². The number of pyridine rings is 2. The lowest BCUT2D eigenvalue weighted by molar-refractivity contribution is -0.385. The fraction of sp³-hybridized carbons (Fsp3) is 0. The molecule has 0 aliphatic carbocycles. The van der Waals surface area contributed by atoms with Crippen LogP contribution < -0.4 is 10.6 Å². The number of fused-ring (bicyclic) bond motifs is 2. The topological polar surface area (TPSA) is 170 Å². The van der Waals surface area contributed by atoms with Gasteiger partial charge >= 0.3 is 0 Å². The highest BCUT2D eigenvalue weighted by atomic mass is 16.6. The zero-order valence-electron chi connectivity index (χ0n) is 29.2. The molecular weight excluding hydrogens is 709 g/mol. The average molecular weight is 737 g/mol. The van der Waals surface area contributed by atoms with Gasteiger partial charge in [-0.25, -0.2) is 9.97 Å². The van der Waals surface area contributed by atoms with Crippen LogP contribution in [0.5, 0.6) is 0 Å². The number of non-ortho nitro benzene ring substituents is 2. The van der Waals surface area contributed by atoms with Crippen LogP contribution in [0, 0.1) is 20.2 Å². The Labute approximate surface area is 318 Å². The number of carbonyl (C=O) groups excluding carboxylic acids is 2. The van der Waals surface area contributed by atoms with Gasteiger partial charge in [0.15, 0.2) is 0 Å². The van der Waals surface area contributed by atoms with E-state index in [-0.39, 0.29) is 11.4 Å². The minimum Gasteiger partial charge on any atom is -0.322 e. The molecule has 0 fully saturated rings. The SMILES string of the molecule is O=C(Nc1ccc([N+](=O)[O-])cc1)c1cc(-c2ccccc2)nc2ccc(-c3ccc4nc(-c5ccccc5)cc(C(=O)Nc5ccc([N+](=O)[O-])cc5)c4c3)cc12. The highest BCUT2D eigenvalue weighted by Crippen LogP contribution is 2.33. The molecule has 2 heterocycles. The van der Waals surface area contributed by atoms with Gasteiger partial charge < -0.3 is 10.6 Å². The third-order valence-electron chi connectivity index (χ3n) is 9.25. The van der Waals surface area contributed by atoms with Crippen molar-refractivity contribution >= 4 is 56.4 Å². The van der Waals surface area contributed by atoms with Crippen molar-refractivity contribution in [3.05, 3.63) is 189 Å². The first-order valence-electron chi connectivity index (χ1n) is 17.3. The van der Waals surface area contributed by atoms with E-state index >= 15 is 0 Å². The molecule has 2 N–H and O–H groups in total. The van der Waals surface area contributed by atoms with Gasteiger partial charge in [-0.15, -0.1) is 0 Å². The minimum atomic E-state index is -0.505. The van der Waals surface area contributed by atoms with E-state index in [4.69, 9.17) is 9.97 Å². The number of nitrogens with one attached hydrogen (secondary N) is 2. The van der Waals surface area contributed by atoms with E-state index in [2.05, 4.69) is 10.6 Å². The van der Waals surface area contributed by atoms with Gasteiger partial charge in [0.05, 0.1) is 43.4 Å². The van der Waals surface area contributed by atoms with E-state index in [0.29, 0.717) is 55.7 Å². The van der Waals surface area contributed by atoms with E-state index in [1.807, 2.05) is 97.1 Å². The first kappa shape index (κ1) is 34.9. The van der Waals surface area contributed by atoms with Crippen molar-refractivity contribution < 1.29 is 19.4 Å². The lowest BCUT2D eigenvalue weighted by atomic mass is 9.96. The Morgan fingerprint density at radius 3 is 1.18 bits per heavy atom. The Hall–Kier alpha value is -8.12. The molecular formula is C44H28N6O6. The number of nitro benzene ring substituents is 2. The third-order valence-corrected chi connectivity index (χ3v) is 9.25. The second-order valence-corrected chi connectivity index (χ2v) is 12.8. The van der Waals surface area contributed by atoms with Gasteiger partial charge in [-0.05, 0) is 71.8 Å². The third kappa shape index (κ3) is 7.13. The Kier molecular flexibility index (Phi) is 9.18. The normalized spacial score (nSPS) is 10.9. The first-order chi connectivity index (χ1) is 27.2. The largest absolute Gasteiger partial charge is 0.322 e. The summed E-state index contributed by atoms with van der Waals surface area (Å²) in [5.41, 5.74) is 6.72. The molecule has 2 aromatic heterocycles. The fourth-order valence-corrected chi connectivity index (χ4v) is 6.43. The molecule has 0 saturated heterocycles. The van der Waals surface area contributed by atoms with Gasteiger partial charge in [0.2, 0.25) is 0 Å². The summed E-state index contributed by atoms with van der Waals surface area (Å²) >= 11 is 0. The van der Waals surface area contributed by atoms with Crippen molar-refractivity contribution in [2.45, 2.75) is 0 Å². The molecule has 12 heteroatoms. The Bertz CT molecular complexity index is 2630. The lowest BCUT2D eigenvalue weighted by Gasteiger charge is -2.14. The molecule has 8 aromatic rings. The van der Waals surface area contributed by atoms with Crippen molar-refractivity contribution in [2.75, 3.05) is 10.6 Å². The van der Waals surface area contributed by atoms with Gasteiger partial charge in [-0.3, -0.25) is 29.8 Å². The smallest absolute Gasteiger partial charge is 0.269 e. The summed E-state index contributed by atoms with van der Waals surface area (Å²) in [4.78, 5) is 59.1. The highest BCUT2D eigenvalue weighted by molar-refractivity contribution is 6.15. The Morgan fingerprint density at radius 1 is 0.446 bits per heavy atom. The summed E-state index contributed by atoms with van der Waals surface area (Å²) in [5.74, 6) is -0.858. The summed E-state index contributed by atoms with van der Waals surface area (Å²) in [6.45, 7) is 0. The average Bonchev–Trinajstić information content (AvgIpc) is 3.23. The van der Waals surface area contributed by atoms with Crippen molar-refractivity contribution in [3.63, 3.8) is 0 Å². The van der Waals surface area contributed by atoms with Crippen LogP contribution in [0.3, 0.4) is 0 Å². The van der Waals surface area contributed by atoms with Crippen molar-refractivity contribution in [1.82, 2.24) is 9.97 Å². The number of carbonyl (C=O) groups is 2. The molecule has 2 amide bonds. The van der Waals surface area contributed by atoms with Crippen LogP contribution in [0.15, 0.2) is 158 Å². The zero-order chi connectivity index (χ0) is 38.8. The number of benzene rings is 6. The lowest BCUT2D eigenvalue weighted by Crippen LogP contribution is -2.13. The van der Waals surface area contributed by atoms with E-state index in [1.165, 1.54) is 48.5 Å². The highest BCUT2D eigenvalue weighted by Gasteiger charge is 2.19. The molecule has 0 aliphatic rings. The number of anilines is 2. The Balaban J connectivity index is 1.22. The number of amides is 2. The quantitative estimate of drug-likeness (QED) is 0.109. The number of nitro groups is 2. The van der Waals surface area contributed by atoms with E-state index in [0.717, 1.165) is 22.3 Å². The molecule has 0 unspecified atom stereocenters. The van der Waals surface area contributed by atoms with Crippen LogP contribution >= 0.6 is 0 Å². The van der Waals surface area contributed by atoms with Crippen molar-refractivity contribution in [3.8, 4) is 33.6 Å². The second-order valence-electron chi connectivity index (χ2n) is 12.8. The standard InChI is InChI=1S/C44H28N6O6/c51-43(45-31-13-17-33(18-14-31)49(53)54)37-25-41(27-7-3-1-4-8-27)47-39-21-11-29(23-35(37)39)30-12-22-40-36(24-30)38(26-42(48-40)28-9-5-2-6-10-28)44(52)46-32-15-19-34(20-16-32)50(55)56/h1-26H,(H,45,51)(H,46,52). The zero-order valence-corrected chi connectivity index (χ0v) is 29.2. The summed E-state index contributed by atoms with van der Waals surface area (Å²) in [6.07, 6.45) is 0. The number of hydrogen-bond donors (Lipinski definition) is 2. The van der Waals surface area contributed by atoms with Gasteiger partial charge in [0.1, 0.15) is 0 Å². The summed E-state index contributed by atoms with van der Waals surface area (Å²) in [5, 5.41) is 29.3. The molecule has 0 atom stereocenters. The molecule has 0 bridgehead atoms. The van der Waals surface area contributed by atoms with Crippen LogP contribution in [0.25, 0.3) is 55.4 Å². The molecule has 0 radical (unpaired) electrons. The summed E-state index contributed by atoms with van der Waals surface area (Å²) in [7, 11) is 0. The fourth-order valence-electron chi connectivity index (χ4n) is 6.43. The molecule has 6 aromatic carbocycles. The van der Waals surface area contributed by atoms with Crippen LogP contribution in [-0.4, -0.2) is 31.6 Å². The Morgan fingerprint density at radius 2 is 0.821 bits per heavy atom. The minimum absolute atomic E-state index is 0.0952. The van der Waals surface area contributed by atoms with Crippen LogP contribution in [0.2, 0.25) is 0 Å². The molecule has 0 aliphatic heterocycles. The predicted molar refractivity (Wildman–Crippen MR) is 215 cm³/mol. The van der Waals surface area contributed by atoms with E-state index < -0.39 is 21.7 Å². The first-order valence-corrected chi connectivity index (χ1v) is 17.3. The maximum absolute atomic E-state index is 14.0. The maximum Gasteiger partial charge on any atom is 0.269 e. The van der Waals surface area contributed by atoms with Crippen LogP contribution in [0.4, 0.5) is 22.7 Å². The molecule has 0 spiro atoms. The molecule has 0 saturated carbocycles. The summed E-state index contributed by atoms with van der Waals surface area (Å²) < 4.78 is 0. The van der Waals surface area contributed by atoms with E-state index in [1.54, 1.807) is 12.1 Å².